The van der Waals surface area contributed by atoms with Crippen molar-refractivity contribution in [1.29, 1.82) is 0 Å². The van der Waals surface area contributed by atoms with Gasteiger partial charge in [0.05, 0.1) is 0 Å². The number of nitrogens with zero attached hydrogens (tertiary/aromatic N) is 3. The van der Waals surface area contributed by atoms with Crippen LogP contribution in [0.5, 0.6) is 0 Å². The van der Waals surface area contributed by atoms with Crippen LogP contribution in [0.4, 0.5) is 4.79 Å². The van der Waals surface area contributed by atoms with E-state index in [2.05, 4.69) is 11.6 Å². The number of ether oxygens (including phenoxy) is 1. The van der Waals surface area contributed by atoms with Gasteiger partial charge in [0.2, 0.25) is 0 Å². The lowest BCUT2D eigenvalue weighted by Gasteiger charge is -2.16. The van der Waals surface area contributed by atoms with E-state index in [1.807, 2.05) is 0 Å². The van der Waals surface area contributed by atoms with E-state index in [-0.39, 0.29) is 6.61 Å². The molecule has 1 amide bonds. The first kappa shape index (κ1) is 9.31. The molecule has 1 heterocycles. The average molecular weight is 181 g/mol. The Morgan fingerprint density at radius 3 is 3.15 bits per heavy atom. The Morgan fingerprint density at radius 2 is 2.62 bits per heavy atom. The molecule has 0 N–H and O–H groups in total. The molecule has 0 unspecified atom stereocenters. The molecule has 0 saturated carbocycles. The Hall–Kier alpha value is -1.78. The van der Waals surface area contributed by atoms with Crippen LogP contribution in [-0.4, -0.2) is 29.4 Å². The molecule has 0 fully saturated rings. The van der Waals surface area contributed by atoms with Gasteiger partial charge in [0.25, 0.3) is 0 Å². The number of amides is 1. The highest BCUT2D eigenvalue weighted by Crippen LogP contribution is 1.91. The quantitative estimate of drug-likeness (QED) is 0.647. The Bertz CT molecular complexity index is 282. The molecule has 1 aromatic heterocycles. The van der Waals surface area contributed by atoms with Crippen LogP contribution >= 0.6 is 0 Å². The van der Waals surface area contributed by atoms with Gasteiger partial charge in [0.15, 0.2) is 0 Å². The summed E-state index contributed by atoms with van der Waals surface area (Å²) in [4.78, 5) is 15.0. The van der Waals surface area contributed by atoms with Gasteiger partial charge in [-0.1, -0.05) is 12.7 Å². The zero-order valence-corrected chi connectivity index (χ0v) is 7.38. The summed E-state index contributed by atoms with van der Waals surface area (Å²) in [5.41, 5.74) is 0. The van der Waals surface area contributed by atoms with Crippen molar-refractivity contribution >= 4 is 6.09 Å². The smallest absolute Gasteiger partial charge is 0.429 e. The maximum absolute atomic E-state index is 11.2. The van der Waals surface area contributed by atoms with Crippen LogP contribution in [0.1, 0.15) is 0 Å². The highest BCUT2D eigenvalue weighted by Gasteiger charge is 2.09. The Morgan fingerprint density at radius 1 is 1.85 bits per heavy atom. The maximum atomic E-state index is 11.2. The SMILES string of the molecule is C=CCOC(=O)N(C)n1ccnc1. The highest BCUT2D eigenvalue weighted by atomic mass is 16.6. The van der Waals surface area contributed by atoms with Gasteiger partial charge in [-0.15, -0.1) is 0 Å². The van der Waals surface area contributed by atoms with E-state index >= 15 is 0 Å². The standard InChI is InChI=1S/C8H11N3O2/c1-3-6-13-8(12)10(2)11-5-4-9-7-11/h3-5,7H,1,6H2,2H3. The molecular weight excluding hydrogens is 170 g/mol. The van der Waals surface area contributed by atoms with Crippen molar-refractivity contribution in [2.45, 2.75) is 0 Å². The van der Waals surface area contributed by atoms with Crippen molar-refractivity contribution in [3.8, 4) is 0 Å². The summed E-state index contributed by atoms with van der Waals surface area (Å²) in [7, 11) is 1.59. The van der Waals surface area contributed by atoms with E-state index in [0.717, 1.165) is 0 Å². The third kappa shape index (κ3) is 2.33. The third-order valence-corrected chi connectivity index (χ3v) is 1.43. The van der Waals surface area contributed by atoms with E-state index in [4.69, 9.17) is 4.74 Å². The maximum Gasteiger partial charge on any atom is 0.429 e. The Labute approximate surface area is 76.2 Å². The van der Waals surface area contributed by atoms with Gasteiger partial charge in [-0.2, -0.15) is 0 Å². The lowest BCUT2D eigenvalue weighted by atomic mass is 10.7. The first-order chi connectivity index (χ1) is 6.25. The van der Waals surface area contributed by atoms with Crippen molar-refractivity contribution < 1.29 is 9.53 Å². The molecule has 1 aromatic rings. The van der Waals surface area contributed by atoms with Crippen molar-refractivity contribution in [1.82, 2.24) is 9.66 Å². The van der Waals surface area contributed by atoms with Crippen molar-refractivity contribution in [3.63, 3.8) is 0 Å². The van der Waals surface area contributed by atoms with Gasteiger partial charge in [-0.3, -0.25) is 0 Å². The van der Waals surface area contributed by atoms with Gasteiger partial charge < -0.3 is 4.74 Å². The van der Waals surface area contributed by atoms with Crippen LogP contribution in [-0.2, 0) is 4.74 Å². The predicted octanol–water partition coefficient (Wildman–Crippen LogP) is 0.773. The summed E-state index contributed by atoms with van der Waals surface area (Å²) in [6, 6.07) is 0. The van der Waals surface area contributed by atoms with Crippen LogP contribution in [0.25, 0.3) is 0 Å². The number of carbonyl (C=O) groups excluding carboxylic acids is 1. The summed E-state index contributed by atoms with van der Waals surface area (Å²) >= 11 is 0. The summed E-state index contributed by atoms with van der Waals surface area (Å²) < 4.78 is 6.32. The molecule has 0 aliphatic rings. The number of aromatic nitrogens is 2. The number of hydrogen-bond acceptors (Lipinski definition) is 3. The number of hydrogen-bond donors (Lipinski definition) is 0. The van der Waals surface area contributed by atoms with Crippen LogP contribution in [0.15, 0.2) is 31.4 Å². The van der Waals surface area contributed by atoms with Crippen LogP contribution < -0.4 is 5.01 Å². The van der Waals surface area contributed by atoms with Gasteiger partial charge in [-0.05, 0) is 0 Å². The first-order valence-corrected chi connectivity index (χ1v) is 3.75. The molecule has 0 aromatic carbocycles. The minimum absolute atomic E-state index is 0.206. The lowest BCUT2D eigenvalue weighted by molar-refractivity contribution is 0.161. The fourth-order valence-corrected chi connectivity index (χ4v) is 0.747. The molecule has 0 bridgehead atoms. The Balaban J connectivity index is 2.52. The summed E-state index contributed by atoms with van der Waals surface area (Å²) in [5, 5.41) is 1.30. The fraction of sp³-hybridized carbons (Fsp3) is 0.250. The molecule has 5 heteroatoms. The minimum Gasteiger partial charge on any atom is -0.444 e. The minimum atomic E-state index is -0.446. The van der Waals surface area contributed by atoms with Gasteiger partial charge in [0, 0.05) is 19.4 Å². The van der Waals surface area contributed by atoms with Crippen molar-refractivity contribution in [2.24, 2.45) is 0 Å². The highest BCUT2D eigenvalue weighted by molar-refractivity contribution is 5.77. The zero-order chi connectivity index (χ0) is 9.68. The summed E-state index contributed by atoms with van der Waals surface area (Å²) in [6.07, 6.45) is 5.80. The lowest BCUT2D eigenvalue weighted by Crippen LogP contribution is -2.36. The molecule has 0 aliphatic carbocycles. The molecule has 0 aliphatic heterocycles. The molecular formula is C8H11N3O2. The predicted molar refractivity (Wildman–Crippen MR) is 47.9 cm³/mol. The second-order valence-electron chi connectivity index (χ2n) is 2.33. The van der Waals surface area contributed by atoms with Crippen molar-refractivity contribution in [2.75, 3.05) is 18.7 Å². The third-order valence-electron chi connectivity index (χ3n) is 1.43. The molecule has 0 saturated heterocycles. The van der Waals surface area contributed by atoms with E-state index in [1.165, 1.54) is 22.1 Å². The number of imidazole rings is 1. The number of rotatable bonds is 3. The second kappa shape index (κ2) is 4.30. The molecule has 70 valence electrons. The molecule has 0 atom stereocenters. The summed E-state index contributed by atoms with van der Waals surface area (Å²) in [6.45, 7) is 3.65. The molecule has 0 radical (unpaired) electrons. The molecule has 13 heavy (non-hydrogen) atoms. The average Bonchev–Trinajstić information content (AvgIpc) is 2.65. The van der Waals surface area contributed by atoms with E-state index in [0.29, 0.717) is 0 Å². The van der Waals surface area contributed by atoms with E-state index < -0.39 is 6.09 Å². The largest absolute Gasteiger partial charge is 0.444 e. The topological polar surface area (TPSA) is 47.4 Å². The fourth-order valence-electron chi connectivity index (χ4n) is 0.747. The van der Waals surface area contributed by atoms with Gasteiger partial charge in [-0.25, -0.2) is 19.5 Å². The van der Waals surface area contributed by atoms with Crippen LogP contribution in [0.2, 0.25) is 0 Å². The van der Waals surface area contributed by atoms with Crippen molar-refractivity contribution in [3.05, 3.63) is 31.4 Å². The van der Waals surface area contributed by atoms with Gasteiger partial charge >= 0.3 is 6.09 Å². The molecule has 0 spiro atoms. The summed E-state index contributed by atoms with van der Waals surface area (Å²) in [5.74, 6) is 0. The van der Waals surface area contributed by atoms with E-state index in [1.54, 1.807) is 19.4 Å². The Kier molecular flexibility index (Phi) is 3.08. The number of carbonyl (C=O) groups is 1. The monoisotopic (exact) mass is 181 g/mol. The zero-order valence-electron chi connectivity index (χ0n) is 7.38. The van der Waals surface area contributed by atoms with Crippen LogP contribution in [0, 0.1) is 0 Å². The first-order valence-electron chi connectivity index (χ1n) is 3.75. The second-order valence-corrected chi connectivity index (χ2v) is 2.33. The molecule has 1 rings (SSSR count). The van der Waals surface area contributed by atoms with E-state index in [9.17, 15) is 4.79 Å². The molecule has 5 nitrogen and oxygen atoms in total. The van der Waals surface area contributed by atoms with Crippen LogP contribution in [0.3, 0.4) is 0 Å². The normalized spacial score (nSPS) is 9.31. The van der Waals surface area contributed by atoms with Gasteiger partial charge in [0.1, 0.15) is 12.9 Å².